The Morgan fingerprint density at radius 3 is 2.62 bits per heavy atom. The summed E-state index contributed by atoms with van der Waals surface area (Å²) in [6.07, 6.45) is 1.89. The number of halogens is 2. The molecule has 1 fully saturated rings. The number of sulfonamides is 1. The highest BCUT2D eigenvalue weighted by molar-refractivity contribution is 7.89. The number of aromatic nitrogens is 2. The summed E-state index contributed by atoms with van der Waals surface area (Å²) in [5.74, 6) is -1.49. The highest BCUT2D eigenvalue weighted by Gasteiger charge is 2.32. The van der Waals surface area contributed by atoms with Crippen LogP contribution in [0.3, 0.4) is 0 Å². The molecule has 2 aliphatic heterocycles. The molecule has 13 heteroatoms. The minimum absolute atomic E-state index is 0.0579. The van der Waals surface area contributed by atoms with Crippen LogP contribution in [0.1, 0.15) is 40.2 Å². The van der Waals surface area contributed by atoms with E-state index in [1.807, 2.05) is 25.1 Å². The molecule has 0 bridgehead atoms. The van der Waals surface area contributed by atoms with Gasteiger partial charge in [-0.1, -0.05) is 0 Å². The number of H-pyrrole nitrogens is 1. The summed E-state index contributed by atoms with van der Waals surface area (Å²) < 4.78 is 66.6. The molecule has 0 atom stereocenters. The molecule has 3 heterocycles. The number of ketones is 1. The Bertz CT molecular complexity index is 1520. The fourth-order valence-corrected chi connectivity index (χ4v) is 6.59. The van der Waals surface area contributed by atoms with Crippen molar-refractivity contribution in [1.29, 1.82) is 0 Å². The molecule has 0 spiro atoms. The number of carbonyl (C=O) groups excluding carboxylic acids is 1. The predicted octanol–water partition coefficient (Wildman–Crippen LogP) is 3.39. The number of fused-ring (bicyclic) bond motifs is 1. The van der Waals surface area contributed by atoms with E-state index in [0.29, 0.717) is 60.6 Å². The maximum atomic E-state index is 13.8. The van der Waals surface area contributed by atoms with Gasteiger partial charge in [-0.25, -0.2) is 17.2 Å². The quantitative estimate of drug-likeness (QED) is 0.321. The first-order valence-electron chi connectivity index (χ1n) is 13.9. The van der Waals surface area contributed by atoms with Gasteiger partial charge < -0.3 is 19.7 Å². The maximum absolute atomic E-state index is 13.8. The number of nitrogens with one attached hydrogen (secondary N) is 2. The van der Waals surface area contributed by atoms with Crippen LogP contribution in [-0.2, 0) is 34.1 Å². The number of likely N-dealkylation sites (N-methyl/N-ethyl adjacent to an activating group) is 1. The summed E-state index contributed by atoms with van der Waals surface area (Å²) in [6, 6.07) is 7.72. The normalized spacial score (nSPS) is 16.4. The van der Waals surface area contributed by atoms with E-state index in [-0.39, 0.29) is 31.3 Å². The van der Waals surface area contributed by atoms with Gasteiger partial charge in [-0.2, -0.15) is 9.40 Å². The van der Waals surface area contributed by atoms with Gasteiger partial charge in [-0.05, 0) is 51.2 Å². The van der Waals surface area contributed by atoms with E-state index in [1.54, 1.807) is 12.1 Å². The summed E-state index contributed by atoms with van der Waals surface area (Å²) in [5.41, 5.74) is 2.91. The number of Topliss-reactive ketones (excluding diaryl/α,β-unsaturated/α-hetero) is 1. The average Bonchev–Trinajstić information content (AvgIpc) is 3.35. The van der Waals surface area contributed by atoms with Gasteiger partial charge in [0.1, 0.15) is 24.0 Å². The first-order chi connectivity index (χ1) is 20.1. The van der Waals surface area contributed by atoms with Gasteiger partial charge in [0.05, 0.1) is 17.0 Å². The Morgan fingerprint density at radius 2 is 1.90 bits per heavy atom. The zero-order valence-electron chi connectivity index (χ0n) is 23.7. The highest BCUT2D eigenvalue weighted by Crippen LogP contribution is 2.30. The van der Waals surface area contributed by atoms with Gasteiger partial charge in [0.15, 0.2) is 5.78 Å². The van der Waals surface area contributed by atoms with Gasteiger partial charge in [-0.3, -0.25) is 9.89 Å². The summed E-state index contributed by atoms with van der Waals surface area (Å²) >= 11 is 0. The molecular weight excluding hydrogens is 568 g/mol. The molecule has 2 N–H and O–H groups in total. The van der Waals surface area contributed by atoms with E-state index in [4.69, 9.17) is 9.47 Å². The van der Waals surface area contributed by atoms with Crippen LogP contribution < -0.4 is 10.1 Å². The van der Waals surface area contributed by atoms with E-state index in [0.717, 1.165) is 41.5 Å². The summed E-state index contributed by atoms with van der Waals surface area (Å²) in [5, 5.41) is 10.8. The molecule has 226 valence electrons. The van der Waals surface area contributed by atoms with E-state index < -0.39 is 26.6 Å². The number of rotatable bonds is 11. The Balaban J connectivity index is 1.36. The molecule has 10 nitrogen and oxygen atoms in total. The SMILES string of the molecule is CN(C)CCOc1ccc(C(=O)Cc2n[nH]c3c2CN(S(=O)(=O)c2cc(F)cc(F)c2)CC3)c(NC2CCOCC2)c1. The molecule has 1 aromatic heterocycles. The third-order valence-electron chi connectivity index (χ3n) is 7.47. The topological polar surface area (TPSA) is 117 Å². The monoisotopic (exact) mass is 603 g/mol. The molecule has 0 amide bonds. The van der Waals surface area contributed by atoms with Crippen molar-refractivity contribution >= 4 is 21.5 Å². The second-order valence-electron chi connectivity index (χ2n) is 10.8. The van der Waals surface area contributed by atoms with Crippen molar-refractivity contribution in [3.05, 3.63) is 70.5 Å². The maximum Gasteiger partial charge on any atom is 0.243 e. The standard InChI is InChI=1S/C29H35F2N5O5S/c1-35(2)9-12-41-22-3-4-24(27(16-22)32-21-6-10-40-11-7-21)29(37)17-28-25-18-36(8-5-26(25)33-34-28)42(38,39)23-14-19(30)13-20(31)15-23/h3-4,13-16,21,32H,5-12,17-18H2,1-2H3,(H,33,34). The van der Waals surface area contributed by atoms with Crippen LogP contribution in [0.2, 0.25) is 0 Å². The molecule has 0 saturated carbocycles. The number of ether oxygens (including phenoxy) is 2. The number of aromatic amines is 1. The fourth-order valence-electron chi connectivity index (χ4n) is 5.14. The van der Waals surface area contributed by atoms with Crippen molar-refractivity contribution in [2.45, 2.75) is 43.2 Å². The Kier molecular flexibility index (Phi) is 9.21. The summed E-state index contributed by atoms with van der Waals surface area (Å²) in [7, 11) is -0.246. The van der Waals surface area contributed by atoms with Gasteiger partial charge in [0.2, 0.25) is 10.0 Å². The molecule has 42 heavy (non-hydrogen) atoms. The lowest BCUT2D eigenvalue weighted by molar-refractivity contribution is 0.0904. The minimum atomic E-state index is -4.18. The number of nitrogens with zero attached hydrogens (tertiary/aromatic N) is 3. The lowest BCUT2D eigenvalue weighted by Gasteiger charge is -2.26. The van der Waals surface area contributed by atoms with Crippen molar-refractivity contribution < 1.29 is 31.5 Å². The van der Waals surface area contributed by atoms with E-state index in [9.17, 15) is 22.0 Å². The number of hydrogen-bond donors (Lipinski definition) is 2. The van der Waals surface area contributed by atoms with Crippen molar-refractivity contribution in [3.63, 3.8) is 0 Å². The number of anilines is 1. The summed E-state index contributed by atoms with van der Waals surface area (Å²) in [4.78, 5) is 15.2. The second-order valence-corrected chi connectivity index (χ2v) is 12.7. The minimum Gasteiger partial charge on any atom is -0.492 e. The summed E-state index contributed by atoms with van der Waals surface area (Å²) in [6.45, 7) is 2.56. The third-order valence-corrected chi connectivity index (χ3v) is 9.29. The fraction of sp³-hybridized carbons (Fsp3) is 0.448. The molecule has 3 aromatic rings. The van der Waals surface area contributed by atoms with Crippen molar-refractivity contribution in [2.24, 2.45) is 0 Å². The molecule has 2 aromatic carbocycles. The average molecular weight is 604 g/mol. The lowest BCUT2D eigenvalue weighted by atomic mass is 9.99. The molecule has 1 saturated heterocycles. The third kappa shape index (κ3) is 6.97. The van der Waals surface area contributed by atoms with Crippen LogP contribution >= 0.6 is 0 Å². The van der Waals surface area contributed by atoms with Gasteiger partial charge >= 0.3 is 0 Å². The predicted molar refractivity (Wildman–Crippen MR) is 152 cm³/mol. The van der Waals surface area contributed by atoms with Gasteiger partial charge in [0, 0.05) is 80.0 Å². The second kappa shape index (κ2) is 12.9. The van der Waals surface area contributed by atoms with E-state index in [2.05, 4.69) is 15.5 Å². The highest BCUT2D eigenvalue weighted by atomic mass is 32.2. The molecule has 0 radical (unpaired) electrons. The van der Waals surface area contributed by atoms with E-state index >= 15 is 0 Å². The Morgan fingerprint density at radius 1 is 1.17 bits per heavy atom. The van der Waals surface area contributed by atoms with Crippen LogP contribution in [0.15, 0.2) is 41.3 Å². The molecular formula is C29H35F2N5O5S. The molecule has 2 aliphatic rings. The van der Waals surface area contributed by atoms with E-state index in [1.165, 1.54) is 0 Å². The lowest BCUT2D eigenvalue weighted by Crippen LogP contribution is -2.36. The van der Waals surface area contributed by atoms with Crippen molar-refractivity contribution in [1.82, 2.24) is 19.4 Å². The van der Waals surface area contributed by atoms with Gasteiger partial charge in [-0.15, -0.1) is 0 Å². The number of benzene rings is 2. The molecule has 0 aliphatic carbocycles. The Hall–Kier alpha value is -3.39. The van der Waals surface area contributed by atoms with Crippen LogP contribution in [0, 0.1) is 11.6 Å². The van der Waals surface area contributed by atoms with Crippen LogP contribution in [-0.4, -0.2) is 86.7 Å². The first-order valence-corrected chi connectivity index (χ1v) is 15.3. The van der Waals surface area contributed by atoms with Crippen LogP contribution in [0.4, 0.5) is 14.5 Å². The zero-order valence-corrected chi connectivity index (χ0v) is 24.5. The number of hydrogen-bond acceptors (Lipinski definition) is 8. The van der Waals surface area contributed by atoms with Crippen LogP contribution in [0.5, 0.6) is 5.75 Å². The van der Waals surface area contributed by atoms with Gasteiger partial charge in [0.25, 0.3) is 0 Å². The molecule has 5 rings (SSSR count). The number of carbonyl (C=O) groups is 1. The largest absolute Gasteiger partial charge is 0.492 e. The van der Waals surface area contributed by atoms with Crippen LogP contribution in [0.25, 0.3) is 0 Å². The first kappa shape index (κ1) is 30.1. The van der Waals surface area contributed by atoms with Crippen molar-refractivity contribution in [3.8, 4) is 5.75 Å². The smallest absolute Gasteiger partial charge is 0.243 e. The molecule has 0 unspecified atom stereocenters. The zero-order chi connectivity index (χ0) is 29.9. The Labute approximate surface area is 244 Å². The van der Waals surface area contributed by atoms with Crippen molar-refractivity contribution in [2.75, 3.05) is 52.3 Å².